The number of methoxy groups -OCH3 is 1. The lowest BCUT2D eigenvalue weighted by Gasteiger charge is -2.19. The molecular weight excluding hydrogens is 416 g/mol. The van der Waals surface area contributed by atoms with Crippen LogP contribution in [-0.4, -0.2) is 27.7 Å². The van der Waals surface area contributed by atoms with Gasteiger partial charge in [-0.1, -0.05) is 36.4 Å². The van der Waals surface area contributed by atoms with Crippen molar-refractivity contribution in [2.24, 2.45) is 14.1 Å². The van der Waals surface area contributed by atoms with E-state index in [1.54, 1.807) is 18.2 Å². The SMILES string of the molecule is COc1cc([C@@H](C[N+](=O)[O-])c2c(N)n(C)c(=O)n(C)c2=O)ccc1OCc1ccccc1. The van der Waals surface area contributed by atoms with E-state index in [0.717, 1.165) is 14.7 Å². The highest BCUT2D eigenvalue weighted by Gasteiger charge is 2.29. The number of nitrogens with two attached hydrogens (primary N) is 1. The van der Waals surface area contributed by atoms with Gasteiger partial charge in [-0.25, -0.2) is 4.79 Å². The van der Waals surface area contributed by atoms with Crippen LogP contribution in [0.25, 0.3) is 0 Å². The van der Waals surface area contributed by atoms with Gasteiger partial charge in [0.2, 0.25) is 6.54 Å². The number of rotatable bonds is 8. The van der Waals surface area contributed by atoms with Gasteiger partial charge in [-0.05, 0) is 23.3 Å². The summed E-state index contributed by atoms with van der Waals surface area (Å²) in [6.07, 6.45) is 0. The van der Waals surface area contributed by atoms with E-state index >= 15 is 0 Å². The molecule has 0 amide bonds. The lowest BCUT2D eigenvalue weighted by Crippen LogP contribution is -2.42. The Kier molecular flexibility index (Phi) is 6.62. The van der Waals surface area contributed by atoms with Crippen LogP contribution in [-0.2, 0) is 20.7 Å². The molecule has 0 radical (unpaired) electrons. The van der Waals surface area contributed by atoms with E-state index in [9.17, 15) is 19.7 Å². The van der Waals surface area contributed by atoms with Gasteiger partial charge >= 0.3 is 5.69 Å². The molecular formula is C22H24N4O6. The first-order chi connectivity index (χ1) is 15.2. The van der Waals surface area contributed by atoms with Crippen LogP contribution in [0, 0.1) is 10.1 Å². The third-order valence-corrected chi connectivity index (χ3v) is 5.25. The minimum atomic E-state index is -0.993. The molecule has 0 saturated heterocycles. The molecule has 10 heteroatoms. The van der Waals surface area contributed by atoms with Gasteiger partial charge in [0, 0.05) is 19.0 Å². The van der Waals surface area contributed by atoms with Crippen molar-refractivity contribution in [2.45, 2.75) is 12.5 Å². The molecule has 10 nitrogen and oxygen atoms in total. The summed E-state index contributed by atoms with van der Waals surface area (Å²) in [5, 5.41) is 11.4. The molecule has 3 aromatic rings. The number of nitrogens with zero attached hydrogens (tertiary/aromatic N) is 3. The highest BCUT2D eigenvalue weighted by atomic mass is 16.6. The highest BCUT2D eigenvalue weighted by molar-refractivity contribution is 5.50. The molecule has 3 rings (SSSR count). The molecule has 2 aromatic carbocycles. The zero-order chi connectivity index (χ0) is 23.4. The lowest BCUT2D eigenvalue weighted by molar-refractivity contribution is -0.481. The third kappa shape index (κ3) is 4.48. The fraction of sp³-hybridized carbons (Fsp3) is 0.273. The van der Waals surface area contributed by atoms with Crippen LogP contribution < -0.4 is 26.5 Å². The quantitative estimate of drug-likeness (QED) is 0.416. The Balaban J connectivity index is 2.05. The number of anilines is 1. The predicted octanol–water partition coefficient (Wildman–Crippen LogP) is 1.66. The second kappa shape index (κ2) is 9.38. The normalized spacial score (nSPS) is 11.7. The number of ether oxygens (including phenoxy) is 2. The molecule has 2 N–H and O–H groups in total. The average molecular weight is 440 g/mol. The van der Waals surface area contributed by atoms with Gasteiger partial charge in [0.05, 0.1) is 18.6 Å². The predicted molar refractivity (Wildman–Crippen MR) is 119 cm³/mol. The summed E-state index contributed by atoms with van der Waals surface area (Å²) in [6.45, 7) is -0.284. The zero-order valence-corrected chi connectivity index (χ0v) is 18.0. The molecule has 0 aliphatic rings. The van der Waals surface area contributed by atoms with E-state index in [2.05, 4.69) is 0 Å². The largest absolute Gasteiger partial charge is 0.493 e. The average Bonchev–Trinajstić information content (AvgIpc) is 2.80. The topological polar surface area (TPSA) is 132 Å². The van der Waals surface area contributed by atoms with Crippen molar-refractivity contribution in [3.8, 4) is 11.5 Å². The Morgan fingerprint density at radius 2 is 1.75 bits per heavy atom. The lowest BCUT2D eigenvalue weighted by atomic mass is 9.91. The second-order valence-electron chi connectivity index (χ2n) is 7.26. The molecule has 0 aliphatic carbocycles. The van der Waals surface area contributed by atoms with E-state index in [1.807, 2.05) is 30.3 Å². The molecule has 1 heterocycles. The van der Waals surface area contributed by atoms with Crippen molar-refractivity contribution in [3.63, 3.8) is 0 Å². The van der Waals surface area contributed by atoms with Crippen molar-refractivity contribution >= 4 is 5.82 Å². The van der Waals surface area contributed by atoms with Crippen molar-refractivity contribution in [3.05, 3.63) is 96.2 Å². The molecule has 0 unspecified atom stereocenters. The van der Waals surface area contributed by atoms with E-state index < -0.39 is 28.6 Å². The first-order valence-electron chi connectivity index (χ1n) is 9.76. The fourth-order valence-electron chi connectivity index (χ4n) is 3.48. The number of nitrogen functional groups attached to an aromatic ring is 1. The van der Waals surface area contributed by atoms with E-state index in [4.69, 9.17) is 15.2 Å². The first kappa shape index (κ1) is 22.6. The van der Waals surface area contributed by atoms with Crippen LogP contribution in [0.4, 0.5) is 5.82 Å². The van der Waals surface area contributed by atoms with Gasteiger partial charge in [0.25, 0.3) is 5.56 Å². The van der Waals surface area contributed by atoms with Gasteiger partial charge in [0.15, 0.2) is 11.5 Å². The van der Waals surface area contributed by atoms with Gasteiger partial charge in [-0.2, -0.15) is 0 Å². The number of aromatic nitrogens is 2. The standard InChI is InChI=1S/C22H24N4O6/c1-24-20(23)19(21(27)25(2)22(24)28)16(12-26(29)30)15-9-10-17(18(11-15)31-3)32-13-14-7-5-4-6-8-14/h4-11,16H,12-13,23H2,1-3H3/t16-/m1/s1. The van der Waals surface area contributed by atoms with Crippen LogP contribution in [0.2, 0.25) is 0 Å². The summed E-state index contributed by atoms with van der Waals surface area (Å²) in [5.41, 5.74) is 6.14. The van der Waals surface area contributed by atoms with Crippen molar-refractivity contribution in [1.29, 1.82) is 0 Å². The monoisotopic (exact) mass is 440 g/mol. The van der Waals surface area contributed by atoms with Gasteiger partial charge < -0.3 is 15.2 Å². The maximum atomic E-state index is 12.8. The molecule has 1 aromatic heterocycles. The first-order valence-corrected chi connectivity index (χ1v) is 9.76. The number of benzene rings is 2. The molecule has 168 valence electrons. The Morgan fingerprint density at radius 3 is 2.38 bits per heavy atom. The van der Waals surface area contributed by atoms with E-state index in [-0.39, 0.29) is 11.4 Å². The molecule has 1 atom stereocenters. The number of nitro groups is 1. The number of hydrogen-bond donors (Lipinski definition) is 1. The van der Waals surface area contributed by atoms with Crippen LogP contribution in [0.3, 0.4) is 0 Å². The Morgan fingerprint density at radius 1 is 1.06 bits per heavy atom. The molecule has 32 heavy (non-hydrogen) atoms. The van der Waals surface area contributed by atoms with Crippen molar-refractivity contribution < 1.29 is 14.4 Å². The molecule has 0 bridgehead atoms. The van der Waals surface area contributed by atoms with Crippen molar-refractivity contribution in [1.82, 2.24) is 9.13 Å². The molecule has 0 fully saturated rings. The Labute approximate surface area is 183 Å². The molecule has 0 spiro atoms. The van der Waals surface area contributed by atoms with Gasteiger partial charge in [0.1, 0.15) is 12.4 Å². The summed E-state index contributed by atoms with van der Waals surface area (Å²) in [7, 11) is 4.17. The van der Waals surface area contributed by atoms with E-state index in [0.29, 0.717) is 23.7 Å². The summed E-state index contributed by atoms with van der Waals surface area (Å²) in [5.74, 6) is -0.311. The van der Waals surface area contributed by atoms with Crippen molar-refractivity contribution in [2.75, 3.05) is 19.4 Å². The maximum Gasteiger partial charge on any atom is 0.332 e. The van der Waals surface area contributed by atoms with E-state index in [1.165, 1.54) is 21.2 Å². The fourth-order valence-corrected chi connectivity index (χ4v) is 3.48. The highest BCUT2D eigenvalue weighted by Crippen LogP contribution is 2.34. The van der Waals surface area contributed by atoms with Gasteiger partial charge in [-0.15, -0.1) is 0 Å². The minimum Gasteiger partial charge on any atom is -0.493 e. The Bertz CT molecular complexity index is 1250. The summed E-state index contributed by atoms with van der Waals surface area (Å²) >= 11 is 0. The summed E-state index contributed by atoms with van der Waals surface area (Å²) in [6, 6.07) is 14.4. The Hall–Kier alpha value is -4.08. The summed E-state index contributed by atoms with van der Waals surface area (Å²) < 4.78 is 13.2. The minimum absolute atomic E-state index is 0.0219. The number of hydrogen-bond acceptors (Lipinski definition) is 7. The second-order valence-corrected chi connectivity index (χ2v) is 7.26. The molecule has 0 saturated carbocycles. The zero-order valence-electron chi connectivity index (χ0n) is 18.0. The maximum absolute atomic E-state index is 12.8. The summed E-state index contributed by atoms with van der Waals surface area (Å²) in [4.78, 5) is 35.9. The smallest absolute Gasteiger partial charge is 0.332 e. The third-order valence-electron chi connectivity index (χ3n) is 5.25. The van der Waals surface area contributed by atoms with Crippen LogP contribution in [0.15, 0.2) is 58.1 Å². The van der Waals surface area contributed by atoms with Gasteiger partial charge in [-0.3, -0.25) is 24.0 Å². The molecule has 0 aliphatic heterocycles. The van der Waals surface area contributed by atoms with Crippen LogP contribution in [0.1, 0.15) is 22.6 Å². The van der Waals surface area contributed by atoms with Crippen LogP contribution in [0.5, 0.6) is 11.5 Å². The van der Waals surface area contributed by atoms with Crippen LogP contribution >= 0.6 is 0 Å².